The molecule has 1 heterocycles. The second kappa shape index (κ2) is 5.32. The summed E-state index contributed by atoms with van der Waals surface area (Å²) in [5, 5.41) is 10.1. The molecule has 0 amide bonds. The van der Waals surface area contributed by atoms with E-state index >= 15 is 0 Å². The highest BCUT2D eigenvalue weighted by Crippen LogP contribution is 2.33. The zero-order chi connectivity index (χ0) is 13.9. The van der Waals surface area contributed by atoms with Gasteiger partial charge in [0.25, 0.3) is 0 Å². The molecular weight excluding hydrogens is 316 g/mol. The summed E-state index contributed by atoms with van der Waals surface area (Å²) in [4.78, 5) is 4.29. The highest BCUT2D eigenvalue weighted by molar-refractivity contribution is 9.10. The van der Waals surface area contributed by atoms with Gasteiger partial charge in [0.15, 0.2) is 0 Å². The zero-order valence-electron chi connectivity index (χ0n) is 10.4. The van der Waals surface area contributed by atoms with Crippen molar-refractivity contribution in [1.82, 2.24) is 4.98 Å². The third-order valence-corrected chi connectivity index (χ3v) is 3.57. The van der Waals surface area contributed by atoms with Crippen molar-refractivity contribution < 1.29 is 4.74 Å². The van der Waals surface area contributed by atoms with Crippen LogP contribution in [0.15, 0.2) is 59.2 Å². The van der Waals surface area contributed by atoms with Gasteiger partial charge < -0.3 is 4.74 Å². The fourth-order valence-electron chi connectivity index (χ4n) is 1.98. The highest BCUT2D eigenvalue weighted by atomic mass is 79.9. The Morgan fingerprint density at radius 2 is 1.80 bits per heavy atom. The van der Waals surface area contributed by atoms with Crippen molar-refractivity contribution in [2.45, 2.75) is 0 Å². The Morgan fingerprint density at radius 1 is 1.00 bits per heavy atom. The van der Waals surface area contributed by atoms with Gasteiger partial charge in [-0.15, -0.1) is 0 Å². The lowest BCUT2D eigenvalue weighted by Crippen LogP contribution is -1.90. The molecule has 3 rings (SSSR count). The summed E-state index contributed by atoms with van der Waals surface area (Å²) in [7, 11) is 0. The number of ether oxygens (including phenoxy) is 1. The lowest BCUT2D eigenvalue weighted by molar-refractivity contribution is 0.486. The molecule has 96 valence electrons. The number of halogens is 1. The summed E-state index contributed by atoms with van der Waals surface area (Å²) in [6, 6.07) is 17.1. The molecule has 0 radical (unpaired) electrons. The summed E-state index contributed by atoms with van der Waals surface area (Å²) in [5.74, 6) is 1.21. The molecule has 0 spiro atoms. The van der Waals surface area contributed by atoms with Gasteiger partial charge in [-0.3, -0.25) is 4.98 Å². The number of rotatable bonds is 2. The number of hydrogen-bond acceptors (Lipinski definition) is 3. The van der Waals surface area contributed by atoms with E-state index in [1.54, 1.807) is 12.3 Å². The van der Waals surface area contributed by atoms with Crippen molar-refractivity contribution in [2.24, 2.45) is 0 Å². The number of hydrogen-bond donors (Lipinski definition) is 0. The molecule has 0 bridgehead atoms. The molecule has 0 aliphatic carbocycles. The van der Waals surface area contributed by atoms with Crippen molar-refractivity contribution in [2.75, 3.05) is 0 Å². The van der Waals surface area contributed by atoms with Gasteiger partial charge in [-0.2, -0.15) is 5.26 Å². The van der Waals surface area contributed by atoms with Gasteiger partial charge in [0.1, 0.15) is 23.1 Å². The molecule has 0 unspecified atom stereocenters. The summed E-state index contributed by atoms with van der Waals surface area (Å²) in [5.41, 5.74) is 1.34. The predicted octanol–water partition coefficient (Wildman–Crippen LogP) is 4.66. The Kier molecular flexibility index (Phi) is 3.36. The van der Waals surface area contributed by atoms with Crippen LogP contribution in [-0.4, -0.2) is 4.98 Å². The second-order valence-corrected chi connectivity index (χ2v) is 5.01. The van der Waals surface area contributed by atoms with E-state index in [0.29, 0.717) is 17.1 Å². The van der Waals surface area contributed by atoms with Gasteiger partial charge in [0.05, 0.1) is 5.52 Å². The lowest BCUT2D eigenvalue weighted by Gasteiger charge is -2.10. The Bertz CT molecular complexity index is 819. The fourth-order valence-corrected chi connectivity index (χ4v) is 2.42. The van der Waals surface area contributed by atoms with Gasteiger partial charge >= 0.3 is 0 Å². The molecule has 0 saturated carbocycles. The number of nitrogens with zero attached hydrogens (tertiary/aromatic N) is 2. The predicted molar refractivity (Wildman–Crippen MR) is 80.7 cm³/mol. The Labute approximate surface area is 124 Å². The minimum Gasteiger partial charge on any atom is -0.455 e. The average Bonchev–Trinajstić information content (AvgIpc) is 2.48. The number of pyridine rings is 1. The van der Waals surface area contributed by atoms with Crippen LogP contribution < -0.4 is 4.74 Å². The SMILES string of the molecule is N#Cc1c(Br)cccc1Oc1cccc2ncccc12. The van der Waals surface area contributed by atoms with Gasteiger partial charge in [-0.05, 0) is 52.3 Å². The van der Waals surface area contributed by atoms with E-state index in [2.05, 4.69) is 27.0 Å². The normalized spacial score (nSPS) is 10.2. The van der Waals surface area contributed by atoms with Crippen molar-refractivity contribution in [3.63, 3.8) is 0 Å². The van der Waals surface area contributed by atoms with Crippen LogP contribution in [0.4, 0.5) is 0 Å². The van der Waals surface area contributed by atoms with E-state index in [1.165, 1.54) is 0 Å². The molecule has 3 nitrogen and oxygen atoms in total. The van der Waals surface area contributed by atoms with Gasteiger partial charge in [-0.25, -0.2) is 0 Å². The Balaban J connectivity index is 2.11. The lowest BCUT2D eigenvalue weighted by atomic mass is 10.2. The molecule has 0 aliphatic heterocycles. The van der Waals surface area contributed by atoms with E-state index in [1.807, 2.05) is 42.5 Å². The molecule has 3 aromatic rings. The maximum atomic E-state index is 9.22. The van der Waals surface area contributed by atoms with Crippen LogP contribution in [0.3, 0.4) is 0 Å². The molecule has 4 heteroatoms. The zero-order valence-corrected chi connectivity index (χ0v) is 12.0. The summed E-state index contributed by atoms with van der Waals surface area (Å²) < 4.78 is 6.62. The Hall–Kier alpha value is -2.38. The van der Waals surface area contributed by atoms with E-state index in [0.717, 1.165) is 15.4 Å². The molecule has 0 fully saturated rings. The summed E-state index contributed by atoms with van der Waals surface area (Å²) >= 11 is 3.36. The number of aromatic nitrogens is 1. The van der Waals surface area contributed by atoms with E-state index < -0.39 is 0 Å². The molecule has 20 heavy (non-hydrogen) atoms. The van der Waals surface area contributed by atoms with Crippen LogP contribution in [0.5, 0.6) is 11.5 Å². The van der Waals surface area contributed by atoms with Crippen molar-refractivity contribution in [3.8, 4) is 17.6 Å². The number of fused-ring (bicyclic) bond motifs is 1. The van der Waals surface area contributed by atoms with Gasteiger partial charge in [0.2, 0.25) is 0 Å². The first kappa shape index (κ1) is 12.6. The summed E-state index contributed by atoms with van der Waals surface area (Å²) in [6.45, 7) is 0. The number of benzene rings is 2. The monoisotopic (exact) mass is 324 g/mol. The molecule has 0 aliphatic rings. The van der Waals surface area contributed by atoms with Gasteiger partial charge in [0, 0.05) is 16.1 Å². The molecule has 0 N–H and O–H groups in total. The third kappa shape index (κ3) is 2.24. The van der Waals surface area contributed by atoms with Crippen LogP contribution in [0.2, 0.25) is 0 Å². The minimum absolute atomic E-state index is 0.480. The van der Waals surface area contributed by atoms with Crippen LogP contribution in [-0.2, 0) is 0 Å². The largest absolute Gasteiger partial charge is 0.455 e. The van der Waals surface area contributed by atoms with Crippen LogP contribution in [0, 0.1) is 11.3 Å². The molecule has 2 aromatic carbocycles. The Morgan fingerprint density at radius 3 is 2.65 bits per heavy atom. The van der Waals surface area contributed by atoms with Crippen molar-refractivity contribution in [3.05, 3.63) is 64.8 Å². The van der Waals surface area contributed by atoms with Crippen LogP contribution in [0.1, 0.15) is 5.56 Å². The first-order chi connectivity index (χ1) is 9.79. The van der Waals surface area contributed by atoms with Crippen molar-refractivity contribution >= 4 is 26.8 Å². The van der Waals surface area contributed by atoms with E-state index in [-0.39, 0.29) is 0 Å². The van der Waals surface area contributed by atoms with Crippen LogP contribution in [0.25, 0.3) is 10.9 Å². The molecule has 0 atom stereocenters. The van der Waals surface area contributed by atoms with Crippen LogP contribution >= 0.6 is 15.9 Å². The van der Waals surface area contributed by atoms with E-state index in [9.17, 15) is 5.26 Å². The molecule has 1 aromatic heterocycles. The standard InChI is InChI=1S/C16H9BrN2O/c17-13-5-1-7-16(12(13)10-18)20-15-8-2-6-14-11(15)4-3-9-19-14/h1-9H. The molecule has 0 saturated heterocycles. The topological polar surface area (TPSA) is 45.9 Å². The van der Waals surface area contributed by atoms with Crippen molar-refractivity contribution in [1.29, 1.82) is 5.26 Å². The quantitative estimate of drug-likeness (QED) is 0.688. The van der Waals surface area contributed by atoms with E-state index in [4.69, 9.17) is 4.74 Å². The van der Waals surface area contributed by atoms with Gasteiger partial charge in [-0.1, -0.05) is 12.1 Å². The maximum Gasteiger partial charge on any atom is 0.146 e. The molecular formula is C16H9BrN2O. The summed E-state index contributed by atoms with van der Waals surface area (Å²) in [6.07, 6.45) is 1.74. The third-order valence-electron chi connectivity index (χ3n) is 2.91. The maximum absolute atomic E-state index is 9.22. The fraction of sp³-hybridized carbons (Fsp3) is 0. The second-order valence-electron chi connectivity index (χ2n) is 4.15. The smallest absolute Gasteiger partial charge is 0.146 e. The number of nitriles is 1. The first-order valence-electron chi connectivity index (χ1n) is 6.00. The minimum atomic E-state index is 0.480. The first-order valence-corrected chi connectivity index (χ1v) is 6.79. The highest BCUT2D eigenvalue weighted by Gasteiger charge is 2.10. The average molecular weight is 325 g/mol.